The van der Waals surface area contributed by atoms with Gasteiger partial charge in [0.05, 0.1) is 52.2 Å². The highest BCUT2D eigenvalue weighted by Crippen LogP contribution is 2.61. The Labute approximate surface area is 174 Å². The summed E-state index contributed by atoms with van der Waals surface area (Å²) >= 11 is 0. The van der Waals surface area contributed by atoms with Crippen LogP contribution in [0.25, 0.3) is 0 Å². The van der Waals surface area contributed by atoms with Crippen molar-refractivity contribution in [1.29, 1.82) is 5.26 Å². The number of ether oxygens (including phenoxy) is 1. The van der Waals surface area contributed by atoms with Gasteiger partial charge in [0.2, 0.25) is 21.8 Å². The number of rotatable bonds is 5. The van der Waals surface area contributed by atoms with Crippen molar-refractivity contribution >= 4 is 27.5 Å². The van der Waals surface area contributed by atoms with Crippen LogP contribution in [0.3, 0.4) is 0 Å². The Morgan fingerprint density at radius 1 is 1.30 bits per heavy atom. The number of fused-ring (bicyclic) bond motifs is 5. The molecule has 30 heavy (non-hydrogen) atoms. The molecule has 0 aromatic heterocycles. The van der Waals surface area contributed by atoms with Crippen LogP contribution in [0.4, 0.5) is 10.1 Å². The second kappa shape index (κ2) is 6.57. The van der Waals surface area contributed by atoms with Gasteiger partial charge in [0.25, 0.3) is 0 Å². The van der Waals surface area contributed by atoms with E-state index in [1.54, 1.807) is 13.8 Å². The predicted octanol–water partition coefficient (Wildman–Crippen LogP) is 1.39. The van der Waals surface area contributed by atoms with Crippen LogP contribution in [-0.2, 0) is 31.0 Å². The minimum Gasteiger partial charge on any atom is -0.366 e. The van der Waals surface area contributed by atoms with Crippen LogP contribution in [0.2, 0.25) is 0 Å². The molecule has 0 aliphatic carbocycles. The van der Waals surface area contributed by atoms with E-state index in [-0.39, 0.29) is 29.0 Å². The molecular weight excluding hydrogens is 413 g/mol. The van der Waals surface area contributed by atoms with Crippen molar-refractivity contribution in [1.82, 2.24) is 4.72 Å². The molecule has 5 atom stereocenters. The first-order chi connectivity index (χ1) is 14.0. The Balaban J connectivity index is 1.74. The van der Waals surface area contributed by atoms with Crippen molar-refractivity contribution in [3.8, 4) is 6.07 Å². The lowest BCUT2D eigenvalue weighted by atomic mass is 9.67. The highest BCUT2D eigenvalue weighted by Gasteiger charge is 2.76. The van der Waals surface area contributed by atoms with Gasteiger partial charge >= 0.3 is 0 Å². The number of imide groups is 1. The summed E-state index contributed by atoms with van der Waals surface area (Å²) in [5, 5.41) is 9.09. The van der Waals surface area contributed by atoms with Gasteiger partial charge in [0.1, 0.15) is 6.67 Å². The van der Waals surface area contributed by atoms with Crippen molar-refractivity contribution in [3.63, 3.8) is 0 Å². The van der Waals surface area contributed by atoms with Crippen LogP contribution < -0.4 is 9.62 Å². The highest BCUT2D eigenvalue weighted by molar-refractivity contribution is 7.89. The summed E-state index contributed by atoms with van der Waals surface area (Å²) in [5.41, 5.74) is -1.76. The number of anilines is 1. The van der Waals surface area contributed by atoms with Gasteiger partial charge in [-0.15, -0.1) is 0 Å². The van der Waals surface area contributed by atoms with E-state index in [0.29, 0.717) is 0 Å². The molecule has 0 saturated carbocycles. The minimum absolute atomic E-state index is 0.0953. The quantitative estimate of drug-likeness (QED) is 0.699. The van der Waals surface area contributed by atoms with Gasteiger partial charge < -0.3 is 4.74 Å². The first-order valence-electron chi connectivity index (χ1n) is 9.68. The van der Waals surface area contributed by atoms with Crippen LogP contribution in [-0.4, -0.2) is 43.2 Å². The maximum atomic E-state index is 13.4. The Morgan fingerprint density at radius 3 is 2.57 bits per heavy atom. The first kappa shape index (κ1) is 20.9. The van der Waals surface area contributed by atoms with E-state index in [0.717, 1.165) is 4.90 Å². The SMILES string of the molecule is CCS(=O)(=O)N[C@@H]1CC2(C)OC1(C)[C@@H]1C(=O)N(c3ccc(C#N)c(CF)c3)C(=O)[C@@H]12. The number of nitriles is 1. The second-order valence-corrected chi connectivity index (χ2v) is 10.5. The third-order valence-corrected chi connectivity index (χ3v) is 8.05. The molecule has 1 N–H and O–H groups in total. The average molecular weight is 435 g/mol. The highest BCUT2D eigenvalue weighted by atomic mass is 32.2. The topological polar surface area (TPSA) is 117 Å². The fourth-order valence-electron chi connectivity index (χ4n) is 5.21. The molecule has 0 spiro atoms. The summed E-state index contributed by atoms with van der Waals surface area (Å²) in [5.74, 6) is -2.70. The third kappa shape index (κ3) is 2.72. The van der Waals surface area contributed by atoms with Crippen molar-refractivity contribution in [3.05, 3.63) is 29.3 Å². The van der Waals surface area contributed by atoms with E-state index in [9.17, 15) is 22.4 Å². The number of halogens is 1. The fourth-order valence-corrected chi connectivity index (χ4v) is 6.13. The third-order valence-electron chi connectivity index (χ3n) is 6.65. The van der Waals surface area contributed by atoms with E-state index >= 15 is 0 Å². The van der Waals surface area contributed by atoms with E-state index < -0.39 is 57.6 Å². The van der Waals surface area contributed by atoms with E-state index in [2.05, 4.69) is 4.72 Å². The lowest BCUT2D eigenvalue weighted by Gasteiger charge is -2.35. The number of amides is 2. The lowest BCUT2D eigenvalue weighted by molar-refractivity contribution is -0.129. The maximum absolute atomic E-state index is 13.4. The van der Waals surface area contributed by atoms with Gasteiger partial charge in [-0.25, -0.2) is 22.4 Å². The molecule has 2 bridgehead atoms. The molecule has 3 heterocycles. The maximum Gasteiger partial charge on any atom is 0.240 e. The molecule has 3 saturated heterocycles. The number of nitrogens with zero attached hydrogens (tertiary/aromatic N) is 2. The average Bonchev–Trinajstić information content (AvgIpc) is 3.21. The summed E-state index contributed by atoms with van der Waals surface area (Å²) in [6.45, 7) is 3.99. The molecule has 1 aromatic carbocycles. The number of carbonyl (C=O) groups excluding carboxylic acids is 2. The number of carbonyl (C=O) groups is 2. The molecule has 2 amide bonds. The van der Waals surface area contributed by atoms with Crippen LogP contribution in [0, 0.1) is 23.2 Å². The van der Waals surface area contributed by atoms with E-state index in [4.69, 9.17) is 10.00 Å². The molecule has 3 fully saturated rings. The normalized spacial score (nSPS) is 35.0. The van der Waals surface area contributed by atoms with Gasteiger partial charge in [-0.05, 0) is 45.4 Å². The summed E-state index contributed by atoms with van der Waals surface area (Å²) in [6, 6.07) is 5.39. The van der Waals surface area contributed by atoms with Gasteiger partial charge in [-0.3, -0.25) is 9.59 Å². The summed E-state index contributed by atoms with van der Waals surface area (Å²) in [7, 11) is -3.54. The number of hydrogen-bond donors (Lipinski definition) is 1. The van der Waals surface area contributed by atoms with Crippen LogP contribution in [0.15, 0.2) is 18.2 Å². The molecule has 3 aliphatic rings. The molecule has 10 heteroatoms. The Morgan fingerprint density at radius 2 is 1.97 bits per heavy atom. The summed E-state index contributed by atoms with van der Waals surface area (Å²) < 4.78 is 46.4. The van der Waals surface area contributed by atoms with E-state index in [1.807, 2.05) is 6.07 Å². The minimum atomic E-state index is -3.54. The van der Waals surface area contributed by atoms with Crippen molar-refractivity contribution < 1.29 is 27.1 Å². The Hall–Kier alpha value is -2.35. The van der Waals surface area contributed by atoms with Gasteiger partial charge in [-0.1, -0.05) is 0 Å². The van der Waals surface area contributed by atoms with E-state index in [1.165, 1.54) is 25.1 Å². The van der Waals surface area contributed by atoms with Gasteiger partial charge in [0.15, 0.2) is 0 Å². The Bertz CT molecular complexity index is 1100. The first-order valence-corrected chi connectivity index (χ1v) is 11.3. The van der Waals surface area contributed by atoms with Crippen LogP contribution in [0.5, 0.6) is 0 Å². The van der Waals surface area contributed by atoms with Crippen molar-refractivity contribution in [2.45, 2.75) is 51.1 Å². The standard InChI is InChI=1S/C20H22FN3O5S/c1-4-30(27,28)23-14-8-19(2)15-16(20(14,3)29-19)18(26)24(17(15)25)13-6-5-11(10-22)12(7-13)9-21/h5-7,14-16,23H,4,8-9H2,1-3H3/t14-,15-,16+,19?,20?/m1/s1. The predicted molar refractivity (Wildman–Crippen MR) is 104 cm³/mol. The number of nitrogens with one attached hydrogen (secondary N) is 1. The summed E-state index contributed by atoms with van der Waals surface area (Å²) in [4.78, 5) is 27.6. The zero-order chi connectivity index (χ0) is 22.1. The van der Waals surface area contributed by atoms with Crippen molar-refractivity contribution in [2.75, 3.05) is 10.7 Å². The largest absolute Gasteiger partial charge is 0.366 e. The van der Waals surface area contributed by atoms with Crippen LogP contribution in [0.1, 0.15) is 38.3 Å². The molecule has 1 aromatic rings. The fraction of sp³-hybridized carbons (Fsp3) is 0.550. The number of hydrogen-bond acceptors (Lipinski definition) is 6. The summed E-state index contributed by atoms with van der Waals surface area (Å²) in [6.07, 6.45) is 0.264. The van der Waals surface area contributed by atoms with Gasteiger partial charge in [0, 0.05) is 5.56 Å². The zero-order valence-corrected chi connectivity index (χ0v) is 17.6. The van der Waals surface area contributed by atoms with Crippen molar-refractivity contribution in [2.24, 2.45) is 11.8 Å². The molecule has 0 radical (unpaired) electrons. The Kier molecular flexibility index (Phi) is 4.58. The number of sulfonamides is 1. The lowest BCUT2D eigenvalue weighted by Crippen LogP contribution is -2.56. The molecular formula is C20H22FN3O5S. The smallest absolute Gasteiger partial charge is 0.240 e. The molecule has 8 nitrogen and oxygen atoms in total. The van der Waals surface area contributed by atoms with Crippen LogP contribution >= 0.6 is 0 Å². The molecule has 3 aliphatic heterocycles. The molecule has 160 valence electrons. The number of benzene rings is 1. The van der Waals surface area contributed by atoms with Gasteiger partial charge in [-0.2, -0.15) is 5.26 Å². The number of alkyl halides is 1. The monoisotopic (exact) mass is 435 g/mol. The molecule has 2 unspecified atom stereocenters. The zero-order valence-electron chi connectivity index (χ0n) is 16.8. The second-order valence-electron chi connectivity index (χ2n) is 8.43. The molecule has 4 rings (SSSR count).